The fraction of sp³-hybridized carbons (Fsp3) is 0.500. The number of rotatable bonds is 5. The van der Waals surface area contributed by atoms with E-state index in [9.17, 15) is 24.9 Å². The Hall–Kier alpha value is -2.20. The normalized spacial score (nSPS) is 28.9. The van der Waals surface area contributed by atoms with Crippen molar-refractivity contribution in [3.8, 4) is 5.75 Å². The summed E-state index contributed by atoms with van der Waals surface area (Å²) in [5.41, 5.74) is 0.575. The molecule has 1 aromatic rings. The van der Waals surface area contributed by atoms with Gasteiger partial charge in [0.05, 0.1) is 6.61 Å². The largest absolute Gasteiger partial charge is 0.463 e. The molecule has 0 aliphatic carbocycles. The van der Waals surface area contributed by atoms with Crippen molar-refractivity contribution in [3.05, 3.63) is 24.3 Å². The zero-order valence-electron chi connectivity index (χ0n) is 13.9. The molecule has 1 aliphatic heterocycles. The molecule has 0 aromatic heterocycles. The van der Waals surface area contributed by atoms with E-state index < -0.39 is 43.2 Å². The maximum Gasteiger partial charge on any atom is 0.223 e. The molecular weight excluding hydrogens is 332 g/mol. The Labute approximate surface area is 144 Å². The number of amides is 2. The van der Waals surface area contributed by atoms with Crippen LogP contribution in [-0.4, -0.2) is 64.4 Å². The van der Waals surface area contributed by atoms with Gasteiger partial charge in [-0.05, 0) is 24.3 Å². The third-order valence-electron chi connectivity index (χ3n) is 3.68. The van der Waals surface area contributed by atoms with Gasteiger partial charge in [0.1, 0.15) is 30.1 Å². The van der Waals surface area contributed by atoms with Crippen LogP contribution in [-0.2, 0) is 14.3 Å². The van der Waals surface area contributed by atoms with Crippen molar-refractivity contribution in [1.82, 2.24) is 5.32 Å². The van der Waals surface area contributed by atoms with Crippen LogP contribution in [0.3, 0.4) is 0 Å². The first-order chi connectivity index (χ1) is 11.8. The molecule has 1 heterocycles. The molecule has 0 bridgehead atoms. The molecular formula is C16H22N2O7. The quantitative estimate of drug-likeness (QED) is 0.456. The first-order valence-corrected chi connectivity index (χ1v) is 7.75. The van der Waals surface area contributed by atoms with Crippen LogP contribution < -0.4 is 15.4 Å². The number of carbonyl (C=O) groups excluding carboxylic acids is 2. The SMILES string of the molecule is CC(=O)Nc1ccc(O[C@H]2O[C@@H](CO)[C@@H](O)[C@H](O)[C@@H]2NC(C)=O)cc1. The summed E-state index contributed by atoms with van der Waals surface area (Å²) >= 11 is 0. The van der Waals surface area contributed by atoms with Gasteiger partial charge in [0.2, 0.25) is 18.1 Å². The Morgan fingerprint density at radius 1 is 1.12 bits per heavy atom. The minimum atomic E-state index is -1.38. The number of hydrogen-bond donors (Lipinski definition) is 5. The standard InChI is InChI=1S/C16H22N2O7/c1-8(20)17-10-3-5-11(6-4-10)24-16-13(18-9(2)21)15(23)14(22)12(7-19)25-16/h3-6,12-16,19,22-23H,7H2,1-2H3,(H,17,20)(H,18,21)/t12-,13-,14+,15+,16-/m0/s1. The highest BCUT2D eigenvalue weighted by Gasteiger charge is 2.46. The lowest BCUT2D eigenvalue weighted by Crippen LogP contribution is -2.65. The number of aliphatic hydroxyl groups excluding tert-OH is 3. The lowest BCUT2D eigenvalue weighted by Gasteiger charge is -2.42. The molecule has 9 nitrogen and oxygen atoms in total. The summed E-state index contributed by atoms with van der Waals surface area (Å²) in [5, 5.41) is 34.5. The minimum absolute atomic E-state index is 0.210. The molecule has 5 atom stereocenters. The topological polar surface area (TPSA) is 137 Å². The highest BCUT2D eigenvalue weighted by atomic mass is 16.7. The summed E-state index contributed by atoms with van der Waals surface area (Å²) in [7, 11) is 0. The third-order valence-corrected chi connectivity index (χ3v) is 3.68. The smallest absolute Gasteiger partial charge is 0.223 e. The number of benzene rings is 1. The van der Waals surface area contributed by atoms with Crippen molar-refractivity contribution in [1.29, 1.82) is 0 Å². The maximum atomic E-state index is 11.4. The van der Waals surface area contributed by atoms with Crippen LogP contribution >= 0.6 is 0 Å². The number of aliphatic hydroxyl groups is 3. The number of nitrogens with one attached hydrogen (secondary N) is 2. The minimum Gasteiger partial charge on any atom is -0.463 e. The molecule has 2 rings (SSSR count). The molecule has 0 spiro atoms. The van der Waals surface area contributed by atoms with E-state index in [0.29, 0.717) is 11.4 Å². The van der Waals surface area contributed by atoms with E-state index >= 15 is 0 Å². The molecule has 0 saturated carbocycles. The number of carbonyl (C=O) groups is 2. The van der Waals surface area contributed by atoms with E-state index in [1.54, 1.807) is 24.3 Å². The summed E-state index contributed by atoms with van der Waals surface area (Å²) in [6, 6.07) is 5.35. The van der Waals surface area contributed by atoms with E-state index in [-0.39, 0.29) is 5.91 Å². The van der Waals surface area contributed by atoms with Crippen molar-refractivity contribution in [2.24, 2.45) is 0 Å². The molecule has 25 heavy (non-hydrogen) atoms. The van der Waals surface area contributed by atoms with Crippen molar-refractivity contribution < 1.29 is 34.4 Å². The molecule has 138 valence electrons. The van der Waals surface area contributed by atoms with Crippen molar-refractivity contribution in [2.45, 2.75) is 44.5 Å². The molecule has 0 radical (unpaired) electrons. The van der Waals surface area contributed by atoms with Crippen LogP contribution in [0, 0.1) is 0 Å². The summed E-state index contributed by atoms with van der Waals surface area (Å²) < 4.78 is 11.1. The predicted octanol–water partition coefficient (Wildman–Crippen LogP) is -1.03. The highest BCUT2D eigenvalue weighted by molar-refractivity contribution is 5.88. The van der Waals surface area contributed by atoms with Crippen LogP contribution in [0.15, 0.2) is 24.3 Å². The van der Waals surface area contributed by atoms with Gasteiger partial charge in [-0.25, -0.2) is 0 Å². The fourth-order valence-electron chi connectivity index (χ4n) is 2.53. The van der Waals surface area contributed by atoms with Crippen LogP contribution in [0.25, 0.3) is 0 Å². The monoisotopic (exact) mass is 354 g/mol. The van der Waals surface area contributed by atoms with Crippen molar-refractivity contribution >= 4 is 17.5 Å². The third kappa shape index (κ3) is 4.89. The second kappa shape index (κ2) is 8.26. The van der Waals surface area contributed by atoms with Crippen molar-refractivity contribution in [3.63, 3.8) is 0 Å². The van der Waals surface area contributed by atoms with Gasteiger partial charge in [-0.15, -0.1) is 0 Å². The number of anilines is 1. The zero-order valence-corrected chi connectivity index (χ0v) is 13.9. The fourth-order valence-corrected chi connectivity index (χ4v) is 2.53. The Morgan fingerprint density at radius 3 is 2.28 bits per heavy atom. The summed E-state index contributed by atoms with van der Waals surface area (Å²) in [6.07, 6.45) is -4.92. The summed E-state index contributed by atoms with van der Waals surface area (Å²) in [6.45, 7) is 2.13. The van der Waals surface area contributed by atoms with Gasteiger partial charge in [-0.2, -0.15) is 0 Å². The highest BCUT2D eigenvalue weighted by Crippen LogP contribution is 2.25. The van der Waals surface area contributed by atoms with Gasteiger partial charge < -0.3 is 35.4 Å². The van der Waals surface area contributed by atoms with Crippen LogP contribution in [0.4, 0.5) is 5.69 Å². The van der Waals surface area contributed by atoms with Gasteiger partial charge in [0.25, 0.3) is 0 Å². The van der Waals surface area contributed by atoms with E-state index in [1.165, 1.54) is 13.8 Å². The molecule has 9 heteroatoms. The van der Waals surface area contributed by atoms with E-state index in [1.807, 2.05) is 0 Å². The number of hydrogen-bond acceptors (Lipinski definition) is 7. The molecule has 5 N–H and O–H groups in total. The maximum absolute atomic E-state index is 11.4. The molecule has 1 saturated heterocycles. The second-order valence-electron chi connectivity index (χ2n) is 5.76. The summed E-state index contributed by atoms with van der Waals surface area (Å²) in [5.74, 6) is -0.287. The molecule has 1 aromatic carbocycles. The average molecular weight is 354 g/mol. The summed E-state index contributed by atoms with van der Waals surface area (Å²) in [4.78, 5) is 22.4. The van der Waals surface area contributed by atoms with Gasteiger partial charge in [-0.3, -0.25) is 9.59 Å². The van der Waals surface area contributed by atoms with Crippen LogP contribution in [0.1, 0.15) is 13.8 Å². The van der Waals surface area contributed by atoms with Gasteiger partial charge in [0.15, 0.2) is 0 Å². The van der Waals surface area contributed by atoms with Crippen LogP contribution in [0.2, 0.25) is 0 Å². The molecule has 2 amide bonds. The average Bonchev–Trinajstić information content (AvgIpc) is 2.55. The molecule has 1 aliphatic rings. The lowest BCUT2D eigenvalue weighted by molar-refractivity contribution is -0.244. The first kappa shape index (κ1) is 19.1. The molecule has 1 fully saturated rings. The lowest BCUT2D eigenvalue weighted by atomic mass is 9.97. The first-order valence-electron chi connectivity index (χ1n) is 7.75. The second-order valence-corrected chi connectivity index (χ2v) is 5.76. The predicted molar refractivity (Wildman–Crippen MR) is 86.7 cm³/mol. The van der Waals surface area contributed by atoms with Gasteiger partial charge in [-0.1, -0.05) is 0 Å². The van der Waals surface area contributed by atoms with Crippen LogP contribution in [0.5, 0.6) is 5.75 Å². The Balaban J connectivity index is 2.15. The Kier molecular flexibility index (Phi) is 6.32. The Bertz CT molecular complexity index is 607. The van der Waals surface area contributed by atoms with E-state index in [2.05, 4.69) is 10.6 Å². The van der Waals surface area contributed by atoms with Gasteiger partial charge in [0, 0.05) is 19.5 Å². The molecule has 0 unspecified atom stereocenters. The van der Waals surface area contributed by atoms with E-state index in [0.717, 1.165) is 0 Å². The Morgan fingerprint density at radius 2 is 1.76 bits per heavy atom. The van der Waals surface area contributed by atoms with E-state index in [4.69, 9.17) is 9.47 Å². The van der Waals surface area contributed by atoms with Crippen molar-refractivity contribution in [2.75, 3.05) is 11.9 Å². The van der Waals surface area contributed by atoms with Gasteiger partial charge >= 0.3 is 0 Å². The zero-order chi connectivity index (χ0) is 18.6. The number of ether oxygens (including phenoxy) is 2.